The van der Waals surface area contributed by atoms with Gasteiger partial charge in [0.05, 0.1) is 51.6 Å². The first-order chi connectivity index (χ1) is 26.9. The third-order valence-electron chi connectivity index (χ3n) is 10.3. The van der Waals surface area contributed by atoms with Gasteiger partial charge in [0.2, 0.25) is 0 Å². The van der Waals surface area contributed by atoms with E-state index >= 15 is 0 Å². The Balaban J connectivity index is 2.18. The summed E-state index contributed by atoms with van der Waals surface area (Å²) in [5.41, 5.74) is -0.415. The van der Waals surface area contributed by atoms with Crippen LogP contribution in [0, 0.1) is 17.9 Å². The van der Waals surface area contributed by atoms with Crippen molar-refractivity contribution in [3.8, 4) is 23.5 Å². The fourth-order valence-electron chi connectivity index (χ4n) is 7.90. The number of rotatable bonds is 20. The number of benzene rings is 2. The lowest BCUT2D eigenvalue weighted by molar-refractivity contribution is -0.143. The second-order valence-corrected chi connectivity index (χ2v) is 21.8. The first-order valence-electron chi connectivity index (χ1n) is 19.7. The Morgan fingerprint density at radius 3 is 2.05 bits per heavy atom. The molecule has 316 valence electrons. The summed E-state index contributed by atoms with van der Waals surface area (Å²) >= 11 is 0. The molecule has 0 spiro atoms. The number of hydrogen-bond acceptors (Lipinski definition) is 11. The van der Waals surface area contributed by atoms with Gasteiger partial charge in [0, 0.05) is 24.6 Å². The number of hydrogen-bond donors (Lipinski definition) is 2. The number of ether oxygens (including phenoxy) is 6. The maximum atomic E-state index is 14.2. The van der Waals surface area contributed by atoms with Crippen molar-refractivity contribution in [2.45, 2.75) is 115 Å². The maximum Gasteiger partial charge on any atom is 0.419 e. The van der Waals surface area contributed by atoms with Crippen molar-refractivity contribution in [3.05, 3.63) is 59.8 Å². The summed E-state index contributed by atoms with van der Waals surface area (Å²) < 4.78 is 41.7. The summed E-state index contributed by atoms with van der Waals surface area (Å²) in [6.07, 6.45) is 2.41. The van der Waals surface area contributed by atoms with Crippen LogP contribution >= 0.6 is 0 Å². The van der Waals surface area contributed by atoms with Gasteiger partial charge in [0.1, 0.15) is 23.9 Å². The molecule has 0 amide bonds. The molecule has 13 heteroatoms. The van der Waals surface area contributed by atoms with E-state index in [4.69, 9.17) is 32.8 Å². The molecule has 0 aliphatic carbocycles. The molecule has 1 heterocycles. The number of carbonyl (C=O) groups excluding carboxylic acids is 2. The second kappa shape index (κ2) is 21.1. The zero-order valence-electron chi connectivity index (χ0n) is 36.0. The van der Waals surface area contributed by atoms with Gasteiger partial charge >= 0.3 is 12.1 Å². The van der Waals surface area contributed by atoms with Crippen LogP contribution in [0.1, 0.15) is 92.3 Å². The molecule has 0 saturated heterocycles. The first kappa shape index (κ1) is 47.3. The molecule has 2 aromatic carbocycles. The zero-order chi connectivity index (χ0) is 42.6. The van der Waals surface area contributed by atoms with Crippen LogP contribution in [0.25, 0.3) is 10.9 Å². The Morgan fingerprint density at radius 2 is 1.51 bits per heavy atom. The number of para-hydroxylation sites is 1. The largest absolute Gasteiger partial charge is 0.499 e. The van der Waals surface area contributed by atoms with Crippen LogP contribution < -0.4 is 9.47 Å². The van der Waals surface area contributed by atoms with Gasteiger partial charge in [-0.1, -0.05) is 59.7 Å². The average molecular weight is 812 g/mol. The van der Waals surface area contributed by atoms with Crippen LogP contribution in [0.3, 0.4) is 0 Å². The highest BCUT2D eigenvalue weighted by molar-refractivity contribution is 6.77. The standard InChI is InChI=1S/C44H65NO11Si/c1-30(2)57(31(3)4,32(5)6)55-24-22-44(49,28-46)26-33(27-53-29-50-10)25-38(41(47)52-12)40-37(21-23-54-35-19-17-34(51-11)18-20-35)36-15-13-14-16-39(36)45(40)42(48)56-43(7,8)9/h13-20,30-33,38,46,49H,21,23,25-29H2,1-12H3/t33-,38?,44+/m1/s1. The molecular weight excluding hydrogens is 747 g/mol. The third-order valence-corrected chi connectivity index (χ3v) is 16.2. The lowest BCUT2D eigenvalue weighted by Crippen LogP contribution is -2.46. The van der Waals surface area contributed by atoms with Crippen molar-refractivity contribution in [2.24, 2.45) is 5.92 Å². The zero-order valence-corrected chi connectivity index (χ0v) is 37.0. The van der Waals surface area contributed by atoms with Gasteiger partial charge in [-0.05, 0) is 98.0 Å². The molecule has 2 N–H and O–H groups in total. The number of aromatic nitrogens is 1. The topological polar surface area (TPSA) is 144 Å². The molecule has 0 radical (unpaired) electrons. The van der Waals surface area contributed by atoms with E-state index in [1.54, 1.807) is 58.2 Å². The number of carbonyl (C=O) groups is 2. The summed E-state index contributed by atoms with van der Waals surface area (Å²) in [6, 6.07) is 14.6. The molecule has 3 aromatic rings. The summed E-state index contributed by atoms with van der Waals surface area (Å²) in [7, 11) is 1.96. The van der Waals surface area contributed by atoms with E-state index in [1.165, 1.54) is 18.8 Å². The number of aliphatic hydroxyl groups is 2. The third kappa shape index (κ3) is 12.2. The molecule has 0 saturated carbocycles. The van der Waals surface area contributed by atoms with Crippen molar-refractivity contribution in [2.75, 3.05) is 47.9 Å². The molecule has 57 heavy (non-hydrogen) atoms. The van der Waals surface area contributed by atoms with Gasteiger partial charge in [-0.2, -0.15) is 0 Å². The smallest absolute Gasteiger partial charge is 0.419 e. The molecule has 1 unspecified atom stereocenters. The highest BCUT2D eigenvalue weighted by Gasteiger charge is 2.47. The molecule has 3 atom stereocenters. The fourth-order valence-corrected chi connectivity index (χ4v) is 12.8. The van der Waals surface area contributed by atoms with E-state index in [2.05, 4.69) is 53.6 Å². The maximum absolute atomic E-state index is 14.2. The predicted molar refractivity (Wildman–Crippen MR) is 223 cm³/mol. The van der Waals surface area contributed by atoms with Crippen LogP contribution in [0.5, 0.6) is 11.5 Å². The lowest BCUT2D eigenvalue weighted by Gasteiger charge is -2.39. The van der Waals surface area contributed by atoms with E-state index in [0.717, 1.165) is 5.39 Å². The summed E-state index contributed by atoms with van der Waals surface area (Å²) in [5.74, 6) is 1.88. The average Bonchev–Trinajstić information content (AvgIpc) is 3.48. The molecule has 0 fully saturated rings. The Labute approximate surface area is 340 Å². The van der Waals surface area contributed by atoms with E-state index < -0.39 is 50.0 Å². The lowest BCUT2D eigenvalue weighted by atomic mass is 9.83. The SMILES string of the molecule is COCOC[C@H](CC(C(=O)OC)c1c(CCOc2ccc(OC)cc2)c2ccccc2n1C(=O)OC(C)(C)C)C[C@@](O)(C#CO[Si](C(C)C)(C(C)C)C(C)C)CO. The highest BCUT2D eigenvalue weighted by atomic mass is 28.4. The number of esters is 1. The van der Waals surface area contributed by atoms with Crippen LogP contribution in [0.4, 0.5) is 4.79 Å². The van der Waals surface area contributed by atoms with Crippen molar-refractivity contribution >= 4 is 31.3 Å². The van der Waals surface area contributed by atoms with Gasteiger partial charge < -0.3 is 43.1 Å². The Kier molecular flexibility index (Phi) is 17.5. The fraction of sp³-hybridized carbons (Fsp3) is 0.591. The Bertz CT molecular complexity index is 1780. The predicted octanol–water partition coefficient (Wildman–Crippen LogP) is 8.20. The van der Waals surface area contributed by atoms with Gasteiger partial charge in [-0.15, -0.1) is 0 Å². The molecule has 12 nitrogen and oxygen atoms in total. The molecule has 3 rings (SSSR count). The minimum absolute atomic E-state index is 0.0252. The molecule has 1 aromatic heterocycles. The Morgan fingerprint density at radius 1 is 0.895 bits per heavy atom. The first-order valence-corrected chi connectivity index (χ1v) is 21.8. The van der Waals surface area contributed by atoms with Crippen LogP contribution in [0.2, 0.25) is 16.6 Å². The van der Waals surface area contributed by atoms with Crippen molar-refractivity contribution in [3.63, 3.8) is 0 Å². The second-order valence-electron chi connectivity index (χ2n) is 16.5. The van der Waals surface area contributed by atoms with Crippen LogP contribution in [-0.4, -0.2) is 94.3 Å². The van der Waals surface area contributed by atoms with Gasteiger partial charge in [-0.3, -0.25) is 4.79 Å². The molecule has 0 aliphatic rings. The summed E-state index contributed by atoms with van der Waals surface area (Å²) in [4.78, 5) is 28.3. The minimum atomic E-state index is -2.42. The highest BCUT2D eigenvalue weighted by Crippen LogP contribution is 2.42. The van der Waals surface area contributed by atoms with E-state index in [0.29, 0.717) is 34.7 Å². The summed E-state index contributed by atoms with van der Waals surface area (Å²) in [6.45, 7) is 17.6. The van der Waals surface area contributed by atoms with Crippen molar-refractivity contribution < 1.29 is 52.6 Å². The minimum Gasteiger partial charge on any atom is -0.499 e. The molecule has 0 bridgehead atoms. The number of nitrogens with zero attached hydrogens (tertiary/aromatic N) is 1. The van der Waals surface area contributed by atoms with Gasteiger partial charge in [0.25, 0.3) is 8.32 Å². The normalized spacial score (nSPS) is 14.2. The quantitative estimate of drug-likeness (QED) is 0.0375. The number of aliphatic hydroxyl groups excluding tert-OH is 1. The monoisotopic (exact) mass is 811 g/mol. The van der Waals surface area contributed by atoms with Crippen molar-refractivity contribution in [1.29, 1.82) is 0 Å². The van der Waals surface area contributed by atoms with Gasteiger partial charge in [0.15, 0.2) is 5.60 Å². The van der Waals surface area contributed by atoms with E-state index in [-0.39, 0.29) is 49.5 Å². The Hall–Kier alpha value is -4.06. The van der Waals surface area contributed by atoms with Crippen LogP contribution in [-0.2, 0) is 34.6 Å². The summed E-state index contributed by atoms with van der Waals surface area (Å²) in [5, 5.41) is 23.2. The number of fused-ring (bicyclic) bond motifs is 1. The van der Waals surface area contributed by atoms with E-state index in [1.807, 2.05) is 18.2 Å². The molecular formula is C44H65NO11Si. The molecule has 0 aliphatic heterocycles. The van der Waals surface area contributed by atoms with Gasteiger partial charge in [-0.25, -0.2) is 9.36 Å². The van der Waals surface area contributed by atoms with Crippen molar-refractivity contribution in [1.82, 2.24) is 4.57 Å². The number of methoxy groups -OCH3 is 3. The van der Waals surface area contributed by atoms with Crippen LogP contribution in [0.15, 0.2) is 48.5 Å². The van der Waals surface area contributed by atoms with E-state index in [9.17, 15) is 19.8 Å².